The van der Waals surface area contributed by atoms with E-state index < -0.39 is 5.82 Å². The van der Waals surface area contributed by atoms with Crippen molar-refractivity contribution in [2.45, 2.75) is 0 Å². The number of benzene rings is 4. The topological polar surface area (TPSA) is 53.7 Å². The fourth-order valence-corrected chi connectivity index (χ4v) is 3.23. The molecule has 0 aromatic heterocycles. The van der Waals surface area contributed by atoms with Crippen LogP contribution in [0.15, 0.2) is 72.8 Å². The summed E-state index contributed by atoms with van der Waals surface area (Å²) in [5.74, 6) is 1.77. The fourth-order valence-electron chi connectivity index (χ4n) is 3.23. The van der Waals surface area contributed by atoms with Gasteiger partial charge >= 0.3 is 0 Å². The first-order valence-electron chi connectivity index (χ1n) is 9.07. The van der Waals surface area contributed by atoms with E-state index in [0.29, 0.717) is 22.7 Å². The molecule has 0 spiro atoms. The number of nitrogens with two attached hydrogens (primary N) is 1. The van der Waals surface area contributed by atoms with Crippen molar-refractivity contribution in [3.8, 4) is 34.1 Å². The second-order valence-corrected chi connectivity index (χ2v) is 6.55. The number of halogens is 1. The maximum absolute atomic E-state index is 14.4. The Morgan fingerprint density at radius 2 is 1.52 bits per heavy atom. The standard InChI is InChI=1S/C24H20FNO3/c1-27-19-9-11-21-15(13-19)3-10-20(16-4-12-23(28-2)22(25)14-16)24(21)29-18-7-5-17(26)6-8-18/h3-14H,26H2,1-2H3. The van der Waals surface area contributed by atoms with Crippen molar-refractivity contribution in [2.24, 2.45) is 0 Å². The third-order valence-corrected chi connectivity index (χ3v) is 4.74. The van der Waals surface area contributed by atoms with Crippen LogP contribution in [0.5, 0.6) is 23.0 Å². The van der Waals surface area contributed by atoms with Gasteiger partial charge in [-0.25, -0.2) is 4.39 Å². The molecule has 4 aromatic carbocycles. The SMILES string of the molecule is COc1ccc2c(Oc3ccc(N)cc3)c(-c3ccc(OC)c(F)c3)ccc2c1. The second-order valence-electron chi connectivity index (χ2n) is 6.55. The summed E-state index contributed by atoms with van der Waals surface area (Å²) in [5, 5.41) is 1.84. The molecule has 0 atom stereocenters. The van der Waals surface area contributed by atoms with Crippen LogP contribution in [-0.4, -0.2) is 14.2 Å². The van der Waals surface area contributed by atoms with Crippen LogP contribution in [0.2, 0.25) is 0 Å². The number of nitrogen functional groups attached to an aromatic ring is 1. The lowest BCUT2D eigenvalue weighted by Gasteiger charge is -2.16. The molecule has 0 saturated heterocycles. The van der Waals surface area contributed by atoms with Crippen LogP contribution in [0.1, 0.15) is 0 Å². The smallest absolute Gasteiger partial charge is 0.165 e. The van der Waals surface area contributed by atoms with Gasteiger partial charge in [-0.05, 0) is 71.6 Å². The Hall–Kier alpha value is -3.73. The number of rotatable bonds is 5. The predicted octanol–water partition coefficient (Wildman–Crippen LogP) is 6.04. The van der Waals surface area contributed by atoms with Crippen molar-refractivity contribution in [1.29, 1.82) is 0 Å². The molecule has 0 heterocycles. The van der Waals surface area contributed by atoms with Gasteiger partial charge in [-0.3, -0.25) is 0 Å². The van der Waals surface area contributed by atoms with Gasteiger partial charge in [-0.15, -0.1) is 0 Å². The molecule has 4 nitrogen and oxygen atoms in total. The lowest BCUT2D eigenvalue weighted by atomic mass is 9.99. The van der Waals surface area contributed by atoms with Crippen molar-refractivity contribution in [1.82, 2.24) is 0 Å². The van der Waals surface area contributed by atoms with Crippen LogP contribution in [0.4, 0.5) is 10.1 Å². The molecule has 4 aromatic rings. The zero-order valence-corrected chi connectivity index (χ0v) is 16.1. The Labute approximate surface area is 168 Å². The molecule has 0 saturated carbocycles. The molecule has 0 fully saturated rings. The maximum Gasteiger partial charge on any atom is 0.165 e. The monoisotopic (exact) mass is 389 g/mol. The largest absolute Gasteiger partial charge is 0.497 e. The molecule has 0 aliphatic rings. The summed E-state index contributed by atoms with van der Waals surface area (Å²) in [5.41, 5.74) is 7.89. The van der Waals surface area contributed by atoms with E-state index in [-0.39, 0.29) is 5.75 Å². The van der Waals surface area contributed by atoms with E-state index in [1.54, 1.807) is 37.4 Å². The van der Waals surface area contributed by atoms with E-state index in [4.69, 9.17) is 19.9 Å². The average molecular weight is 389 g/mol. The van der Waals surface area contributed by atoms with Crippen molar-refractivity contribution < 1.29 is 18.6 Å². The van der Waals surface area contributed by atoms with Crippen LogP contribution in [0.25, 0.3) is 21.9 Å². The fraction of sp³-hybridized carbons (Fsp3) is 0.0833. The van der Waals surface area contributed by atoms with E-state index in [1.807, 2.05) is 36.4 Å². The third-order valence-electron chi connectivity index (χ3n) is 4.74. The van der Waals surface area contributed by atoms with Crippen molar-refractivity contribution in [2.75, 3.05) is 20.0 Å². The number of ether oxygens (including phenoxy) is 3. The van der Waals surface area contributed by atoms with Gasteiger partial charge in [0.15, 0.2) is 11.6 Å². The van der Waals surface area contributed by atoms with Gasteiger partial charge in [0.1, 0.15) is 17.2 Å². The van der Waals surface area contributed by atoms with Gasteiger partial charge in [0.25, 0.3) is 0 Å². The van der Waals surface area contributed by atoms with Crippen LogP contribution < -0.4 is 19.9 Å². The molecule has 0 unspecified atom stereocenters. The van der Waals surface area contributed by atoms with Gasteiger partial charge in [0, 0.05) is 16.6 Å². The molecule has 29 heavy (non-hydrogen) atoms. The van der Waals surface area contributed by atoms with Crippen LogP contribution in [-0.2, 0) is 0 Å². The minimum absolute atomic E-state index is 0.195. The van der Waals surface area contributed by atoms with Gasteiger partial charge in [0.2, 0.25) is 0 Å². The molecule has 0 radical (unpaired) electrons. The Kier molecular flexibility index (Phi) is 4.96. The summed E-state index contributed by atoms with van der Waals surface area (Å²) in [6.45, 7) is 0. The normalized spacial score (nSPS) is 10.7. The highest BCUT2D eigenvalue weighted by atomic mass is 19.1. The number of hydrogen-bond donors (Lipinski definition) is 1. The first kappa shape index (κ1) is 18.6. The molecule has 4 rings (SSSR count). The molecule has 2 N–H and O–H groups in total. The van der Waals surface area contributed by atoms with Gasteiger partial charge in [-0.1, -0.05) is 12.1 Å². The number of hydrogen-bond acceptors (Lipinski definition) is 4. The summed E-state index contributed by atoms with van der Waals surface area (Å²) >= 11 is 0. The third kappa shape index (κ3) is 3.67. The second kappa shape index (κ2) is 7.72. The summed E-state index contributed by atoms with van der Waals surface area (Å²) in [6.07, 6.45) is 0. The first-order chi connectivity index (χ1) is 14.1. The lowest BCUT2D eigenvalue weighted by molar-refractivity contribution is 0.386. The van der Waals surface area contributed by atoms with E-state index in [9.17, 15) is 4.39 Å². The van der Waals surface area contributed by atoms with E-state index in [2.05, 4.69) is 0 Å². The minimum Gasteiger partial charge on any atom is -0.497 e. The highest BCUT2D eigenvalue weighted by Gasteiger charge is 2.15. The Balaban J connectivity index is 1.90. The Morgan fingerprint density at radius 3 is 2.21 bits per heavy atom. The van der Waals surface area contributed by atoms with Gasteiger partial charge in [0.05, 0.1) is 14.2 Å². The summed E-state index contributed by atoms with van der Waals surface area (Å²) in [4.78, 5) is 0. The van der Waals surface area contributed by atoms with Crippen LogP contribution >= 0.6 is 0 Å². The first-order valence-corrected chi connectivity index (χ1v) is 9.07. The van der Waals surface area contributed by atoms with E-state index in [0.717, 1.165) is 22.1 Å². The number of anilines is 1. The zero-order chi connectivity index (χ0) is 20.4. The molecule has 146 valence electrons. The van der Waals surface area contributed by atoms with Gasteiger partial charge in [-0.2, -0.15) is 0 Å². The summed E-state index contributed by atoms with van der Waals surface area (Å²) in [7, 11) is 3.07. The molecular weight excluding hydrogens is 369 g/mol. The summed E-state index contributed by atoms with van der Waals surface area (Å²) < 4.78 is 31.0. The van der Waals surface area contributed by atoms with Crippen LogP contribution in [0, 0.1) is 5.82 Å². The molecule has 0 aliphatic heterocycles. The zero-order valence-electron chi connectivity index (χ0n) is 16.1. The molecule has 0 bridgehead atoms. The Bertz CT molecular complexity index is 1170. The van der Waals surface area contributed by atoms with Gasteiger partial charge < -0.3 is 19.9 Å². The quantitative estimate of drug-likeness (QED) is 0.423. The van der Waals surface area contributed by atoms with Crippen molar-refractivity contribution in [3.63, 3.8) is 0 Å². The maximum atomic E-state index is 14.4. The lowest BCUT2D eigenvalue weighted by Crippen LogP contribution is -1.93. The van der Waals surface area contributed by atoms with E-state index >= 15 is 0 Å². The molecular formula is C24H20FNO3. The average Bonchev–Trinajstić information content (AvgIpc) is 2.75. The number of fused-ring (bicyclic) bond motifs is 1. The Morgan fingerprint density at radius 1 is 0.759 bits per heavy atom. The van der Waals surface area contributed by atoms with Crippen LogP contribution in [0.3, 0.4) is 0 Å². The minimum atomic E-state index is -0.432. The highest BCUT2D eigenvalue weighted by molar-refractivity contribution is 5.96. The van der Waals surface area contributed by atoms with E-state index in [1.165, 1.54) is 13.2 Å². The molecule has 5 heteroatoms. The van der Waals surface area contributed by atoms with Crippen molar-refractivity contribution in [3.05, 3.63) is 78.6 Å². The summed E-state index contributed by atoms with van der Waals surface area (Å²) in [6, 6.07) is 21.6. The van der Waals surface area contributed by atoms with Crippen molar-refractivity contribution >= 4 is 16.5 Å². The molecule has 0 amide bonds. The highest BCUT2D eigenvalue weighted by Crippen LogP contribution is 2.41. The molecule has 0 aliphatic carbocycles. The predicted molar refractivity (Wildman–Crippen MR) is 113 cm³/mol. The number of methoxy groups -OCH3 is 2.